The van der Waals surface area contributed by atoms with E-state index in [0.29, 0.717) is 35.2 Å². The fourth-order valence-corrected chi connectivity index (χ4v) is 6.27. The maximum Gasteiger partial charge on any atom is 0.265 e. The summed E-state index contributed by atoms with van der Waals surface area (Å²) in [4.78, 5) is 32.3. The third kappa shape index (κ3) is 4.25. The van der Waals surface area contributed by atoms with E-state index in [4.69, 9.17) is 0 Å². The number of hydrogen-bond acceptors (Lipinski definition) is 5. The van der Waals surface area contributed by atoms with Crippen molar-refractivity contribution < 1.29 is 13.2 Å². The molecule has 1 amide bonds. The predicted molar refractivity (Wildman–Crippen MR) is 146 cm³/mol. The lowest BCUT2D eigenvalue weighted by atomic mass is 10.1. The van der Waals surface area contributed by atoms with E-state index in [0.717, 1.165) is 10.8 Å². The molecule has 4 aromatic carbocycles. The molecular formula is C29H24N4O4S. The van der Waals surface area contributed by atoms with Crippen molar-refractivity contribution in [3.05, 3.63) is 113 Å². The average Bonchev–Trinajstić information content (AvgIpc) is 2.97. The monoisotopic (exact) mass is 524 g/mol. The Balaban J connectivity index is 1.15. The Hall–Kier alpha value is -4.34. The van der Waals surface area contributed by atoms with Crippen molar-refractivity contribution in [2.75, 3.05) is 26.2 Å². The number of nitrogens with zero attached hydrogens (tertiary/aromatic N) is 4. The second kappa shape index (κ2) is 9.51. The molecule has 0 saturated carbocycles. The minimum atomic E-state index is -3.67. The van der Waals surface area contributed by atoms with Crippen LogP contribution in [0.3, 0.4) is 0 Å². The number of sulfonamides is 1. The summed E-state index contributed by atoms with van der Waals surface area (Å²) in [6.07, 6.45) is 1.48. The van der Waals surface area contributed by atoms with Gasteiger partial charge in [0.15, 0.2) is 0 Å². The van der Waals surface area contributed by atoms with Crippen molar-refractivity contribution in [2.45, 2.75) is 4.90 Å². The second-order valence-corrected chi connectivity index (χ2v) is 11.1. The zero-order valence-electron chi connectivity index (χ0n) is 20.4. The Labute approximate surface area is 219 Å². The van der Waals surface area contributed by atoms with Gasteiger partial charge in [-0.2, -0.15) is 4.31 Å². The van der Waals surface area contributed by atoms with E-state index in [1.54, 1.807) is 59.5 Å². The third-order valence-electron chi connectivity index (χ3n) is 6.94. The van der Waals surface area contributed by atoms with Gasteiger partial charge in [0.1, 0.15) is 6.33 Å². The molecule has 1 aromatic heterocycles. The lowest BCUT2D eigenvalue weighted by Gasteiger charge is -2.34. The Morgan fingerprint density at radius 1 is 0.763 bits per heavy atom. The molecule has 6 rings (SSSR count). The number of piperazine rings is 1. The van der Waals surface area contributed by atoms with E-state index in [2.05, 4.69) is 4.98 Å². The highest BCUT2D eigenvalue weighted by Crippen LogP contribution is 2.23. The largest absolute Gasteiger partial charge is 0.336 e. The molecule has 0 spiro atoms. The lowest BCUT2D eigenvalue weighted by Crippen LogP contribution is -2.50. The van der Waals surface area contributed by atoms with E-state index in [1.165, 1.54) is 15.2 Å². The van der Waals surface area contributed by atoms with Gasteiger partial charge in [0.05, 0.1) is 21.5 Å². The summed E-state index contributed by atoms with van der Waals surface area (Å²) in [7, 11) is -3.67. The fraction of sp³-hybridized carbons (Fsp3) is 0.138. The molecule has 0 N–H and O–H groups in total. The van der Waals surface area contributed by atoms with Gasteiger partial charge in [-0.15, -0.1) is 0 Å². The van der Waals surface area contributed by atoms with Crippen LogP contribution < -0.4 is 5.56 Å². The highest BCUT2D eigenvalue weighted by atomic mass is 32.2. The quantitative estimate of drug-likeness (QED) is 0.358. The van der Waals surface area contributed by atoms with E-state index in [-0.39, 0.29) is 29.5 Å². The first-order chi connectivity index (χ1) is 18.4. The maximum absolute atomic E-state index is 13.2. The first kappa shape index (κ1) is 24.0. The van der Waals surface area contributed by atoms with Gasteiger partial charge >= 0.3 is 0 Å². The molecular weight excluding hydrogens is 500 g/mol. The highest BCUT2D eigenvalue weighted by Gasteiger charge is 2.30. The third-order valence-corrected chi connectivity index (χ3v) is 8.84. The standard InChI is InChI=1S/C29H24N4O4S/c34-28(22-9-12-24(13-10-22)33-20-30-27-8-4-3-7-26(27)29(33)35)31-15-17-32(18-16-31)38(36,37)25-14-11-21-5-1-2-6-23(21)19-25/h1-14,19-20H,15-18H2. The summed E-state index contributed by atoms with van der Waals surface area (Å²) in [5.41, 5.74) is 1.53. The Bertz CT molecular complexity index is 1840. The van der Waals surface area contributed by atoms with Gasteiger partial charge < -0.3 is 4.90 Å². The Kier molecular flexibility index (Phi) is 6.01. The Morgan fingerprint density at radius 3 is 2.21 bits per heavy atom. The normalized spacial score (nSPS) is 14.7. The first-order valence-corrected chi connectivity index (χ1v) is 13.7. The van der Waals surface area contributed by atoms with Crippen molar-refractivity contribution in [3.8, 4) is 5.69 Å². The summed E-state index contributed by atoms with van der Waals surface area (Å²) in [5.74, 6) is -0.178. The van der Waals surface area contributed by atoms with Crippen LogP contribution in [0.2, 0.25) is 0 Å². The molecule has 1 saturated heterocycles. The van der Waals surface area contributed by atoms with E-state index in [9.17, 15) is 18.0 Å². The molecule has 190 valence electrons. The number of carbonyl (C=O) groups excluding carboxylic acids is 1. The zero-order valence-corrected chi connectivity index (χ0v) is 21.2. The molecule has 1 aliphatic rings. The highest BCUT2D eigenvalue weighted by molar-refractivity contribution is 7.89. The number of hydrogen-bond donors (Lipinski definition) is 0. The van der Waals surface area contributed by atoms with Crippen LogP contribution in [-0.4, -0.2) is 59.3 Å². The van der Waals surface area contributed by atoms with Crippen molar-refractivity contribution in [2.24, 2.45) is 0 Å². The molecule has 5 aromatic rings. The summed E-state index contributed by atoms with van der Waals surface area (Å²) in [6.45, 7) is 1.02. The summed E-state index contributed by atoms with van der Waals surface area (Å²) >= 11 is 0. The molecule has 0 aliphatic carbocycles. The molecule has 8 nitrogen and oxygen atoms in total. The van der Waals surface area contributed by atoms with Gasteiger partial charge in [0.2, 0.25) is 10.0 Å². The van der Waals surface area contributed by atoms with Gasteiger partial charge in [0, 0.05) is 31.7 Å². The number of benzene rings is 4. The molecule has 1 aliphatic heterocycles. The van der Waals surface area contributed by atoms with Gasteiger partial charge in [-0.05, 0) is 59.3 Å². The van der Waals surface area contributed by atoms with Crippen LogP contribution in [0, 0.1) is 0 Å². The van der Waals surface area contributed by atoms with Crippen LogP contribution in [0.15, 0.2) is 107 Å². The van der Waals surface area contributed by atoms with E-state index >= 15 is 0 Å². The molecule has 9 heteroatoms. The van der Waals surface area contributed by atoms with Gasteiger partial charge in [-0.25, -0.2) is 13.4 Å². The van der Waals surface area contributed by atoms with E-state index < -0.39 is 10.0 Å². The zero-order chi connectivity index (χ0) is 26.3. The van der Waals surface area contributed by atoms with Gasteiger partial charge in [-0.3, -0.25) is 14.2 Å². The summed E-state index contributed by atoms with van der Waals surface area (Å²) < 4.78 is 29.4. The molecule has 2 heterocycles. The summed E-state index contributed by atoms with van der Waals surface area (Å²) in [5, 5.41) is 2.37. The Morgan fingerprint density at radius 2 is 1.45 bits per heavy atom. The smallest absolute Gasteiger partial charge is 0.265 e. The first-order valence-electron chi connectivity index (χ1n) is 12.3. The SMILES string of the molecule is O=C(c1ccc(-n2cnc3ccccc3c2=O)cc1)N1CCN(S(=O)(=O)c2ccc3ccccc3c2)CC1. The topological polar surface area (TPSA) is 92.6 Å². The maximum atomic E-state index is 13.2. The number of para-hydroxylation sites is 1. The van der Waals surface area contributed by atoms with Crippen molar-refractivity contribution >= 4 is 37.6 Å². The van der Waals surface area contributed by atoms with Crippen molar-refractivity contribution in [1.82, 2.24) is 18.8 Å². The molecule has 38 heavy (non-hydrogen) atoms. The van der Waals surface area contributed by atoms with Gasteiger partial charge in [0.25, 0.3) is 11.5 Å². The lowest BCUT2D eigenvalue weighted by molar-refractivity contribution is 0.0698. The number of carbonyl (C=O) groups is 1. The van der Waals surface area contributed by atoms with Gasteiger partial charge in [-0.1, -0.05) is 42.5 Å². The van der Waals surface area contributed by atoms with Crippen LogP contribution in [0.1, 0.15) is 10.4 Å². The minimum Gasteiger partial charge on any atom is -0.336 e. The van der Waals surface area contributed by atoms with Crippen LogP contribution >= 0.6 is 0 Å². The molecule has 0 unspecified atom stereocenters. The molecule has 0 bridgehead atoms. The van der Waals surface area contributed by atoms with Crippen LogP contribution in [0.4, 0.5) is 0 Å². The van der Waals surface area contributed by atoms with E-state index in [1.807, 2.05) is 36.4 Å². The summed E-state index contributed by atoms with van der Waals surface area (Å²) in [6, 6.07) is 26.7. The second-order valence-electron chi connectivity index (χ2n) is 9.19. The number of amides is 1. The number of rotatable bonds is 4. The van der Waals surface area contributed by atoms with Crippen LogP contribution in [0.25, 0.3) is 27.4 Å². The van der Waals surface area contributed by atoms with Crippen LogP contribution in [-0.2, 0) is 10.0 Å². The fourth-order valence-electron chi connectivity index (χ4n) is 4.81. The molecule has 0 atom stereocenters. The average molecular weight is 525 g/mol. The van der Waals surface area contributed by atoms with Crippen LogP contribution in [0.5, 0.6) is 0 Å². The van der Waals surface area contributed by atoms with Crippen molar-refractivity contribution in [3.63, 3.8) is 0 Å². The number of aromatic nitrogens is 2. The minimum absolute atomic E-state index is 0.178. The molecule has 1 fully saturated rings. The molecule has 0 radical (unpaired) electrons. The predicted octanol–water partition coefficient (Wildman–Crippen LogP) is 3.69. The van der Waals surface area contributed by atoms with Crippen molar-refractivity contribution in [1.29, 1.82) is 0 Å². The number of fused-ring (bicyclic) bond motifs is 2.